The molecule has 1 aliphatic heterocycles. The largest absolute Gasteiger partial charge is 0.478 e. The van der Waals surface area contributed by atoms with Gasteiger partial charge in [-0.25, -0.2) is 9.59 Å². The Morgan fingerprint density at radius 2 is 1.53 bits per heavy atom. The van der Waals surface area contributed by atoms with E-state index in [0.717, 1.165) is 0 Å². The van der Waals surface area contributed by atoms with Crippen molar-refractivity contribution in [3.63, 3.8) is 0 Å². The van der Waals surface area contributed by atoms with Gasteiger partial charge in [0, 0.05) is 11.1 Å². The highest BCUT2D eigenvalue weighted by Gasteiger charge is 2.47. The maximum Gasteiger partial charge on any atom is 0.352 e. The van der Waals surface area contributed by atoms with Gasteiger partial charge in [0.1, 0.15) is 5.70 Å². The molecule has 0 radical (unpaired) electrons. The molecule has 1 rings (SSSR count). The molecule has 1 aliphatic rings. The van der Waals surface area contributed by atoms with Crippen LogP contribution < -0.4 is 0 Å². The normalized spacial score (nSPS) is 23.2. The van der Waals surface area contributed by atoms with Gasteiger partial charge in [-0.15, -0.1) is 0 Å². The smallest absolute Gasteiger partial charge is 0.352 e. The predicted molar refractivity (Wildman–Crippen MR) is 68.6 cm³/mol. The van der Waals surface area contributed by atoms with E-state index in [1.807, 2.05) is 0 Å². The summed E-state index contributed by atoms with van der Waals surface area (Å²) in [5.41, 5.74) is -1.53. The number of likely N-dealkylation sites (tertiary alicyclic amines) is 1. The Kier molecular flexibility index (Phi) is 3.95. The maximum atomic E-state index is 11.4. The number of rotatable bonds is 3. The molecule has 0 atom stereocenters. The SMILES string of the molecule is CC1(C)CC(O)CC(C)(C)N1C(=CC(=O)O)C(=O)O. The number of hydrogen-bond donors (Lipinski definition) is 3. The van der Waals surface area contributed by atoms with Crippen LogP contribution in [0.15, 0.2) is 11.8 Å². The van der Waals surface area contributed by atoms with Crippen LogP contribution in [0.1, 0.15) is 40.5 Å². The van der Waals surface area contributed by atoms with Crippen molar-refractivity contribution in [2.45, 2.75) is 57.7 Å². The van der Waals surface area contributed by atoms with Gasteiger partial charge in [-0.1, -0.05) is 0 Å². The molecule has 19 heavy (non-hydrogen) atoms. The number of hydrogen-bond acceptors (Lipinski definition) is 4. The first-order valence-electron chi connectivity index (χ1n) is 6.14. The Hall–Kier alpha value is -1.56. The standard InChI is InChI=1S/C13H21NO5/c1-12(2)6-8(15)7-13(3,4)14(12)9(11(18)19)5-10(16)17/h5,8,15H,6-7H2,1-4H3,(H,16,17)(H,18,19). The Morgan fingerprint density at radius 3 is 1.84 bits per heavy atom. The quantitative estimate of drug-likeness (QED) is 0.664. The Labute approximate surface area is 112 Å². The van der Waals surface area contributed by atoms with Crippen molar-refractivity contribution in [3.05, 3.63) is 11.8 Å². The van der Waals surface area contributed by atoms with Crippen LogP contribution in [0.4, 0.5) is 0 Å². The van der Waals surface area contributed by atoms with Gasteiger partial charge in [0.15, 0.2) is 0 Å². The number of piperidine rings is 1. The lowest BCUT2D eigenvalue weighted by Crippen LogP contribution is -2.62. The third kappa shape index (κ3) is 3.26. The second-order valence-electron chi connectivity index (χ2n) is 6.20. The highest BCUT2D eigenvalue weighted by Crippen LogP contribution is 2.41. The summed E-state index contributed by atoms with van der Waals surface area (Å²) < 4.78 is 0. The number of carbonyl (C=O) groups is 2. The monoisotopic (exact) mass is 271 g/mol. The highest BCUT2D eigenvalue weighted by atomic mass is 16.4. The van der Waals surface area contributed by atoms with E-state index in [2.05, 4.69) is 0 Å². The van der Waals surface area contributed by atoms with E-state index in [0.29, 0.717) is 18.9 Å². The van der Waals surface area contributed by atoms with Crippen molar-refractivity contribution in [3.8, 4) is 0 Å². The number of aliphatic hydroxyl groups is 1. The minimum Gasteiger partial charge on any atom is -0.478 e. The van der Waals surface area contributed by atoms with Gasteiger partial charge in [-0.2, -0.15) is 0 Å². The Morgan fingerprint density at radius 1 is 1.11 bits per heavy atom. The molecule has 0 aliphatic carbocycles. The zero-order valence-corrected chi connectivity index (χ0v) is 11.7. The van der Waals surface area contributed by atoms with Crippen LogP contribution in [0.2, 0.25) is 0 Å². The molecule has 0 amide bonds. The van der Waals surface area contributed by atoms with Gasteiger partial charge in [0.25, 0.3) is 0 Å². The zero-order valence-electron chi connectivity index (χ0n) is 11.7. The van der Waals surface area contributed by atoms with Crippen LogP contribution in [0.25, 0.3) is 0 Å². The molecule has 1 fully saturated rings. The third-order valence-electron chi connectivity index (χ3n) is 3.40. The van der Waals surface area contributed by atoms with Gasteiger partial charge in [0.2, 0.25) is 0 Å². The molecule has 6 heteroatoms. The summed E-state index contributed by atoms with van der Waals surface area (Å²) in [7, 11) is 0. The molecule has 0 spiro atoms. The van der Waals surface area contributed by atoms with E-state index in [-0.39, 0.29) is 5.70 Å². The van der Waals surface area contributed by atoms with Gasteiger partial charge < -0.3 is 20.2 Å². The molecule has 6 nitrogen and oxygen atoms in total. The molecule has 108 valence electrons. The van der Waals surface area contributed by atoms with E-state index >= 15 is 0 Å². The van der Waals surface area contributed by atoms with Crippen LogP contribution in [-0.4, -0.2) is 49.3 Å². The van der Waals surface area contributed by atoms with Gasteiger partial charge in [-0.05, 0) is 40.5 Å². The summed E-state index contributed by atoms with van der Waals surface area (Å²) in [5, 5.41) is 28.0. The van der Waals surface area contributed by atoms with E-state index in [1.54, 1.807) is 32.6 Å². The molecular formula is C13H21NO5. The van der Waals surface area contributed by atoms with Crippen molar-refractivity contribution < 1.29 is 24.9 Å². The van der Waals surface area contributed by atoms with Crippen molar-refractivity contribution in [2.24, 2.45) is 0 Å². The average Bonchev–Trinajstić information content (AvgIpc) is 2.10. The average molecular weight is 271 g/mol. The molecule has 3 N–H and O–H groups in total. The van der Waals surface area contributed by atoms with E-state index in [4.69, 9.17) is 5.11 Å². The lowest BCUT2D eigenvalue weighted by atomic mass is 9.77. The van der Waals surface area contributed by atoms with Crippen molar-refractivity contribution in [1.29, 1.82) is 0 Å². The van der Waals surface area contributed by atoms with E-state index in [9.17, 15) is 19.8 Å². The summed E-state index contributed by atoms with van der Waals surface area (Å²) in [6, 6.07) is 0. The summed E-state index contributed by atoms with van der Waals surface area (Å²) in [6.45, 7) is 7.21. The van der Waals surface area contributed by atoms with Crippen LogP contribution in [-0.2, 0) is 9.59 Å². The highest BCUT2D eigenvalue weighted by molar-refractivity contribution is 5.94. The second kappa shape index (κ2) is 4.85. The minimum atomic E-state index is -1.30. The topological polar surface area (TPSA) is 98.1 Å². The van der Waals surface area contributed by atoms with Crippen molar-refractivity contribution >= 4 is 11.9 Å². The van der Waals surface area contributed by atoms with Crippen molar-refractivity contribution in [1.82, 2.24) is 4.90 Å². The lowest BCUT2D eigenvalue weighted by molar-refractivity contribution is -0.141. The zero-order chi connectivity index (χ0) is 15.0. The molecule has 0 aromatic heterocycles. The van der Waals surface area contributed by atoms with Gasteiger partial charge >= 0.3 is 11.9 Å². The second-order valence-corrected chi connectivity index (χ2v) is 6.20. The molecule has 0 bridgehead atoms. The fraction of sp³-hybridized carbons (Fsp3) is 0.692. The third-order valence-corrected chi connectivity index (χ3v) is 3.40. The Bertz CT molecular complexity index is 407. The number of nitrogens with zero attached hydrogens (tertiary/aromatic N) is 1. The number of aliphatic hydroxyl groups excluding tert-OH is 1. The number of carboxylic acids is 2. The van der Waals surface area contributed by atoms with Crippen molar-refractivity contribution in [2.75, 3.05) is 0 Å². The summed E-state index contributed by atoms with van der Waals surface area (Å²) in [6.07, 6.45) is 0.964. The van der Waals surface area contributed by atoms with Crippen LogP contribution in [0.3, 0.4) is 0 Å². The molecule has 1 saturated heterocycles. The summed E-state index contributed by atoms with van der Waals surface area (Å²) in [5.74, 6) is -2.57. The van der Waals surface area contributed by atoms with E-state index < -0.39 is 29.1 Å². The number of carboxylic acid groups (broad SMARTS) is 2. The Balaban J connectivity index is 3.33. The fourth-order valence-electron chi connectivity index (χ4n) is 3.22. The maximum absolute atomic E-state index is 11.4. The van der Waals surface area contributed by atoms with Gasteiger partial charge in [-0.3, -0.25) is 0 Å². The lowest BCUT2D eigenvalue weighted by Gasteiger charge is -2.55. The first-order valence-corrected chi connectivity index (χ1v) is 6.14. The van der Waals surface area contributed by atoms with Crippen LogP contribution in [0, 0.1) is 0 Å². The summed E-state index contributed by atoms with van der Waals surface area (Å²) in [4.78, 5) is 23.8. The fourth-order valence-corrected chi connectivity index (χ4v) is 3.22. The molecular weight excluding hydrogens is 250 g/mol. The van der Waals surface area contributed by atoms with Crippen LogP contribution in [0.5, 0.6) is 0 Å². The summed E-state index contributed by atoms with van der Waals surface area (Å²) >= 11 is 0. The van der Waals surface area contributed by atoms with Gasteiger partial charge in [0.05, 0.1) is 12.2 Å². The first kappa shape index (κ1) is 15.5. The van der Waals surface area contributed by atoms with E-state index in [1.165, 1.54) is 0 Å². The first-order chi connectivity index (χ1) is 8.47. The number of aliphatic carboxylic acids is 2. The molecule has 0 unspecified atom stereocenters. The molecule has 0 aromatic carbocycles. The molecule has 0 aromatic rings. The molecule has 1 heterocycles. The molecule has 0 saturated carbocycles. The van der Waals surface area contributed by atoms with Crippen LogP contribution >= 0.6 is 0 Å². The predicted octanol–water partition coefficient (Wildman–Crippen LogP) is 1.05. The minimum absolute atomic E-state index is 0.255.